The first-order valence-corrected chi connectivity index (χ1v) is 12.9. The third kappa shape index (κ3) is 5.77. The Bertz CT molecular complexity index is 1080. The summed E-state index contributed by atoms with van der Waals surface area (Å²) in [4.78, 5) is 22.4. The number of halogens is 1. The lowest BCUT2D eigenvalue weighted by atomic mass is 10.2. The number of hydrogen-bond acceptors (Lipinski definition) is 6. The summed E-state index contributed by atoms with van der Waals surface area (Å²) in [5.41, 5.74) is 2.83. The molecule has 0 N–H and O–H groups in total. The lowest BCUT2D eigenvalue weighted by Crippen LogP contribution is -2.36. The number of likely N-dealkylation sites (N-methyl/N-ethyl adjacent to an activating group) is 1. The number of hydrogen-bond donors (Lipinski definition) is 0. The smallest absolute Gasteiger partial charge is 0.266 e. The number of rotatable bonds is 7. The number of anilines is 1. The van der Waals surface area contributed by atoms with E-state index in [0.29, 0.717) is 27.4 Å². The summed E-state index contributed by atoms with van der Waals surface area (Å²) in [7, 11) is 0. The van der Waals surface area contributed by atoms with Crippen LogP contribution >= 0.6 is 23.4 Å². The summed E-state index contributed by atoms with van der Waals surface area (Å²) in [6, 6.07) is 13.7. The fourth-order valence-corrected chi connectivity index (χ4v) is 4.99. The van der Waals surface area contributed by atoms with Crippen LogP contribution in [-0.4, -0.2) is 54.9 Å². The molecule has 2 heterocycles. The molecule has 6 nitrogen and oxygen atoms in total. The minimum Gasteiger partial charge on any atom is -0.489 e. The van der Waals surface area contributed by atoms with Crippen molar-refractivity contribution in [2.24, 2.45) is 4.99 Å². The van der Waals surface area contributed by atoms with E-state index in [1.807, 2.05) is 50.3 Å². The number of amidine groups is 1. The molecule has 1 unspecified atom stereocenters. The highest BCUT2D eigenvalue weighted by Crippen LogP contribution is 2.35. The van der Waals surface area contributed by atoms with E-state index in [4.69, 9.17) is 26.1 Å². The molecular weight excluding hydrogens is 470 g/mol. The van der Waals surface area contributed by atoms with Gasteiger partial charge in [0.05, 0.1) is 34.9 Å². The number of aliphatic imine (C=N–C) groups is 1. The first kappa shape index (κ1) is 24.6. The highest BCUT2D eigenvalue weighted by atomic mass is 35.5. The molecule has 180 valence electrons. The fourth-order valence-electron chi connectivity index (χ4n) is 3.69. The zero-order valence-electron chi connectivity index (χ0n) is 19.8. The number of amides is 1. The maximum absolute atomic E-state index is 13.0. The number of benzene rings is 2. The van der Waals surface area contributed by atoms with E-state index in [0.717, 1.165) is 49.7 Å². The van der Waals surface area contributed by atoms with Crippen molar-refractivity contribution in [1.82, 2.24) is 4.90 Å². The van der Waals surface area contributed by atoms with Crippen molar-refractivity contribution in [3.8, 4) is 5.75 Å². The number of ether oxygens (including phenoxy) is 2. The zero-order valence-corrected chi connectivity index (χ0v) is 21.4. The number of carbonyl (C=O) groups is 1. The molecule has 0 radical (unpaired) electrons. The van der Waals surface area contributed by atoms with Gasteiger partial charge in [-0.1, -0.05) is 24.6 Å². The van der Waals surface area contributed by atoms with Crippen molar-refractivity contribution in [2.75, 3.05) is 37.7 Å². The average Bonchev–Trinajstić information content (AvgIpc) is 3.15. The monoisotopic (exact) mass is 499 g/mol. The summed E-state index contributed by atoms with van der Waals surface area (Å²) in [6.07, 6.45) is 2.85. The molecule has 2 aromatic carbocycles. The molecule has 2 aliphatic heterocycles. The maximum atomic E-state index is 13.0. The lowest BCUT2D eigenvalue weighted by Gasteiger charge is -2.28. The molecule has 8 heteroatoms. The Morgan fingerprint density at radius 3 is 2.56 bits per heavy atom. The largest absolute Gasteiger partial charge is 0.489 e. The zero-order chi connectivity index (χ0) is 24.1. The van der Waals surface area contributed by atoms with E-state index >= 15 is 0 Å². The molecule has 0 aliphatic carbocycles. The first-order chi connectivity index (χ1) is 16.5. The number of carbonyl (C=O) groups excluding carboxylic acids is 1. The first-order valence-electron chi connectivity index (χ1n) is 11.7. The maximum Gasteiger partial charge on any atom is 0.266 e. The minimum atomic E-state index is -0.0489. The van der Waals surface area contributed by atoms with Gasteiger partial charge >= 0.3 is 0 Å². The van der Waals surface area contributed by atoms with Gasteiger partial charge in [0.1, 0.15) is 5.75 Å². The van der Waals surface area contributed by atoms with Crippen LogP contribution in [0.1, 0.15) is 32.8 Å². The Kier molecular flexibility index (Phi) is 8.19. The van der Waals surface area contributed by atoms with E-state index in [1.54, 1.807) is 4.90 Å². The van der Waals surface area contributed by atoms with Crippen LogP contribution in [0.25, 0.3) is 6.08 Å². The van der Waals surface area contributed by atoms with Crippen molar-refractivity contribution in [1.29, 1.82) is 0 Å². The molecular formula is C26H30ClN3O3S. The molecule has 2 saturated heterocycles. The molecule has 34 heavy (non-hydrogen) atoms. The summed E-state index contributed by atoms with van der Waals surface area (Å²) in [5, 5.41) is 1.22. The van der Waals surface area contributed by atoms with Gasteiger partial charge in [-0.2, -0.15) is 0 Å². The van der Waals surface area contributed by atoms with E-state index < -0.39 is 0 Å². The molecule has 0 spiro atoms. The van der Waals surface area contributed by atoms with Gasteiger partial charge in [0.25, 0.3) is 5.91 Å². The Hall–Kier alpha value is -2.48. The van der Waals surface area contributed by atoms with Crippen LogP contribution in [0.15, 0.2) is 52.4 Å². The van der Waals surface area contributed by atoms with Gasteiger partial charge in [0.2, 0.25) is 0 Å². The van der Waals surface area contributed by atoms with E-state index in [2.05, 4.69) is 24.0 Å². The highest BCUT2D eigenvalue weighted by Gasteiger charge is 2.32. The van der Waals surface area contributed by atoms with Crippen molar-refractivity contribution in [3.63, 3.8) is 0 Å². The third-order valence-corrected chi connectivity index (χ3v) is 7.11. The Labute approximate surface area is 210 Å². The highest BCUT2D eigenvalue weighted by molar-refractivity contribution is 8.18. The van der Waals surface area contributed by atoms with Crippen LogP contribution in [0.2, 0.25) is 5.02 Å². The van der Waals surface area contributed by atoms with Crippen molar-refractivity contribution < 1.29 is 14.3 Å². The quantitative estimate of drug-likeness (QED) is 0.439. The van der Waals surface area contributed by atoms with Crippen LogP contribution in [0.5, 0.6) is 5.75 Å². The van der Waals surface area contributed by atoms with Crippen LogP contribution < -0.4 is 9.64 Å². The fraction of sp³-hybridized carbons (Fsp3) is 0.385. The standard InChI is InChI=1S/C26H30ClN3O3S/c1-4-18(3)33-23-11-6-19(16-22(23)27)17-24-25(31)30(5-2)26(34-24)28-20-7-9-21(10-8-20)29-12-14-32-15-13-29/h6-11,16-18H,4-5,12-15H2,1-3H3. The molecule has 1 amide bonds. The SMILES string of the molecule is CCC(C)Oc1ccc(C=C2SC(=Nc3ccc(N4CCOCC4)cc3)N(CC)C2=O)cc1Cl. The van der Waals surface area contributed by atoms with Crippen molar-refractivity contribution in [2.45, 2.75) is 33.3 Å². The summed E-state index contributed by atoms with van der Waals surface area (Å²) in [6.45, 7) is 9.88. The summed E-state index contributed by atoms with van der Waals surface area (Å²) in [5.74, 6) is 0.605. The Morgan fingerprint density at radius 2 is 1.91 bits per heavy atom. The molecule has 0 saturated carbocycles. The van der Waals surface area contributed by atoms with Crippen LogP contribution in [0.3, 0.4) is 0 Å². The second kappa shape index (κ2) is 11.3. The molecule has 4 rings (SSSR count). The molecule has 0 aromatic heterocycles. The lowest BCUT2D eigenvalue weighted by molar-refractivity contribution is -0.122. The van der Waals surface area contributed by atoms with Crippen LogP contribution in [0.4, 0.5) is 11.4 Å². The predicted molar refractivity (Wildman–Crippen MR) is 141 cm³/mol. The summed E-state index contributed by atoms with van der Waals surface area (Å²) < 4.78 is 11.3. The van der Waals surface area contributed by atoms with E-state index in [1.165, 1.54) is 11.8 Å². The average molecular weight is 500 g/mol. The predicted octanol–water partition coefficient (Wildman–Crippen LogP) is 5.98. The normalized spacial score (nSPS) is 19.8. The van der Waals surface area contributed by atoms with Crippen molar-refractivity contribution in [3.05, 3.63) is 58.0 Å². The third-order valence-electron chi connectivity index (χ3n) is 5.81. The number of thioether (sulfide) groups is 1. The second-order valence-corrected chi connectivity index (χ2v) is 9.61. The van der Waals surface area contributed by atoms with E-state index in [9.17, 15) is 4.79 Å². The Balaban J connectivity index is 1.51. The summed E-state index contributed by atoms with van der Waals surface area (Å²) >= 11 is 7.81. The van der Waals surface area contributed by atoms with Gasteiger partial charge in [-0.3, -0.25) is 9.69 Å². The van der Waals surface area contributed by atoms with Gasteiger partial charge in [0.15, 0.2) is 5.17 Å². The number of nitrogens with zero attached hydrogens (tertiary/aromatic N) is 3. The Morgan fingerprint density at radius 1 is 1.18 bits per heavy atom. The molecule has 2 fully saturated rings. The van der Waals surface area contributed by atoms with Gasteiger partial charge in [-0.05, 0) is 80.1 Å². The van der Waals surface area contributed by atoms with E-state index in [-0.39, 0.29) is 12.0 Å². The molecule has 0 bridgehead atoms. The molecule has 1 atom stereocenters. The van der Waals surface area contributed by atoms with Gasteiger partial charge in [-0.15, -0.1) is 0 Å². The van der Waals surface area contributed by atoms with Gasteiger partial charge in [0, 0.05) is 25.3 Å². The van der Waals surface area contributed by atoms with Gasteiger partial charge in [-0.25, -0.2) is 4.99 Å². The van der Waals surface area contributed by atoms with Crippen LogP contribution in [-0.2, 0) is 9.53 Å². The molecule has 2 aromatic rings. The van der Waals surface area contributed by atoms with Gasteiger partial charge < -0.3 is 14.4 Å². The van der Waals surface area contributed by atoms with Crippen LogP contribution in [0, 0.1) is 0 Å². The van der Waals surface area contributed by atoms with Crippen molar-refractivity contribution >= 4 is 51.9 Å². The minimum absolute atomic E-state index is 0.0489. The number of morpholine rings is 1. The molecule has 2 aliphatic rings. The second-order valence-electron chi connectivity index (χ2n) is 8.20. The topological polar surface area (TPSA) is 54.4 Å².